The molecule has 0 aliphatic carbocycles. The van der Waals surface area contributed by atoms with Crippen LogP contribution in [0, 0.1) is 0 Å². The predicted octanol–water partition coefficient (Wildman–Crippen LogP) is 2.06. The number of benzene rings is 1. The van der Waals surface area contributed by atoms with Crippen LogP contribution in [-0.4, -0.2) is 37.1 Å². The van der Waals surface area contributed by atoms with Gasteiger partial charge in [-0.25, -0.2) is 9.59 Å². The van der Waals surface area contributed by atoms with Crippen molar-refractivity contribution in [1.29, 1.82) is 0 Å². The van der Waals surface area contributed by atoms with Crippen LogP contribution in [0.2, 0.25) is 0 Å². The maximum absolute atomic E-state index is 12.0. The zero-order valence-electron chi connectivity index (χ0n) is 12.7. The van der Waals surface area contributed by atoms with Crippen LogP contribution in [0.4, 0.5) is 0 Å². The molecule has 0 saturated heterocycles. The van der Waals surface area contributed by atoms with Gasteiger partial charge in [0.05, 0.1) is 28.2 Å². The molecule has 0 amide bonds. The van der Waals surface area contributed by atoms with E-state index in [-0.39, 0.29) is 11.1 Å². The molecule has 0 aliphatic heterocycles. The topological polar surface area (TPSA) is 107 Å². The van der Waals surface area contributed by atoms with E-state index in [0.29, 0.717) is 0 Å². The average molecular weight is 330 g/mol. The summed E-state index contributed by atoms with van der Waals surface area (Å²) in [5.41, 5.74) is -0.416. The lowest BCUT2D eigenvalue weighted by molar-refractivity contribution is 0.0327. The summed E-state index contributed by atoms with van der Waals surface area (Å²) < 4.78 is 41.4. The largest absolute Gasteiger partial charge is 0.459 e. The minimum Gasteiger partial charge on any atom is -0.459 e. The third-order valence-electron chi connectivity index (χ3n) is 2.41. The first kappa shape index (κ1) is 18.1. The van der Waals surface area contributed by atoms with E-state index in [4.69, 9.17) is 14.0 Å². The molecule has 1 aromatic carbocycles. The fourth-order valence-electron chi connectivity index (χ4n) is 1.59. The predicted molar refractivity (Wildman–Crippen MR) is 77.4 cm³/mol. The molecule has 7 nitrogen and oxygen atoms in total. The molecular formula is C14H18O7S. The molecule has 0 radical (unpaired) electrons. The molecule has 122 valence electrons. The summed E-state index contributed by atoms with van der Waals surface area (Å²) in [5, 5.41) is 0. The number of carbonyl (C=O) groups is 2. The second kappa shape index (κ2) is 6.89. The SMILES string of the molecule is CC(C)OC(=O)c1ccc(S(=O)(=O)O)cc1C(=O)OC(C)C. The van der Waals surface area contributed by atoms with E-state index in [1.807, 2.05) is 0 Å². The van der Waals surface area contributed by atoms with Gasteiger partial charge >= 0.3 is 11.9 Å². The third-order valence-corrected chi connectivity index (χ3v) is 3.26. The van der Waals surface area contributed by atoms with Crippen LogP contribution in [0.15, 0.2) is 23.1 Å². The molecule has 22 heavy (non-hydrogen) atoms. The van der Waals surface area contributed by atoms with Gasteiger partial charge in [-0.05, 0) is 45.9 Å². The average Bonchev–Trinajstić information content (AvgIpc) is 2.35. The van der Waals surface area contributed by atoms with E-state index in [1.165, 1.54) is 0 Å². The number of esters is 2. The molecule has 0 spiro atoms. The minimum atomic E-state index is -4.51. The lowest BCUT2D eigenvalue weighted by atomic mass is 10.1. The first-order valence-corrected chi connectivity index (χ1v) is 8.00. The van der Waals surface area contributed by atoms with Crippen molar-refractivity contribution in [3.63, 3.8) is 0 Å². The van der Waals surface area contributed by atoms with Crippen molar-refractivity contribution in [2.45, 2.75) is 44.8 Å². The highest BCUT2D eigenvalue weighted by Crippen LogP contribution is 2.19. The van der Waals surface area contributed by atoms with Crippen molar-refractivity contribution in [2.75, 3.05) is 0 Å². The van der Waals surface area contributed by atoms with E-state index >= 15 is 0 Å². The van der Waals surface area contributed by atoms with Crippen LogP contribution in [0.5, 0.6) is 0 Å². The Morgan fingerprint density at radius 3 is 1.82 bits per heavy atom. The van der Waals surface area contributed by atoms with Crippen molar-refractivity contribution >= 4 is 22.1 Å². The van der Waals surface area contributed by atoms with Crippen LogP contribution in [0.1, 0.15) is 48.4 Å². The van der Waals surface area contributed by atoms with Crippen LogP contribution in [0.3, 0.4) is 0 Å². The van der Waals surface area contributed by atoms with Gasteiger partial charge in [-0.1, -0.05) is 0 Å². The first-order valence-electron chi connectivity index (χ1n) is 6.56. The lowest BCUT2D eigenvalue weighted by Gasteiger charge is -2.13. The van der Waals surface area contributed by atoms with E-state index in [1.54, 1.807) is 27.7 Å². The molecule has 1 N–H and O–H groups in total. The molecular weight excluding hydrogens is 312 g/mol. The van der Waals surface area contributed by atoms with Gasteiger partial charge in [0.1, 0.15) is 0 Å². The Labute approximate surface area is 129 Å². The smallest absolute Gasteiger partial charge is 0.339 e. The van der Waals surface area contributed by atoms with Crippen molar-refractivity contribution in [3.05, 3.63) is 29.3 Å². The third kappa shape index (κ3) is 4.81. The zero-order chi connectivity index (χ0) is 17.1. The number of rotatable bonds is 5. The summed E-state index contributed by atoms with van der Waals surface area (Å²) in [6.45, 7) is 6.49. The molecule has 0 aromatic heterocycles. The van der Waals surface area contributed by atoms with Gasteiger partial charge in [0.25, 0.3) is 10.1 Å². The molecule has 0 bridgehead atoms. The fourth-order valence-corrected chi connectivity index (χ4v) is 2.09. The Balaban J connectivity index is 3.37. The molecule has 0 fully saturated rings. The lowest BCUT2D eigenvalue weighted by Crippen LogP contribution is -2.19. The highest BCUT2D eigenvalue weighted by molar-refractivity contribution is 7.85. The van der Waals surface area contributed by atoms with Gasteiger partial charge in [-0.2, -0.15) is 8.42 Å². The molecule has 1 rings (SSSR count). The summed E-state index contributed by atoms with van der Waals surface area (Å²) >= 11 is 0. The Bertz CT molecular complexity index is 674. The molecule has 1 aromatic rings. The van der Waals surface area contributed by atoms with Gasteiger partial charge in [-0.15, -0.1) is 0 Å². The van der Waals surface area contributed by atoms with Crippen molar-refractivity contribution < 1.29 is 32.0 Å². The van der Waals surface area contributed by atoms with Gasteiger partial charge in [0.2, 0.25) is 0 Å². The summed E-state index contributed by atoms with van der Waals surface area (Å²) in [7, 11) is -4.51. The maximum Gasteiger partial charge on any atom is 0.339 e. The molecule has 0 saturated carbocycles. The van der Waals surface area contributed by atoms with Gasteiger partial charge in [0, 0.05) is 0 Å². The highest BCUT2D eigenvalue weighted by atomic mass is 32.2. The summed E-state index contributed by atoms with van der Waals surface area (Å²) in [5.74, 6) is -1.66. The Kier molecular flexibility index (Phi) is 5.67. The number of hydrogen-bond acceptors (Lipinski definition) is 6. The Morgan fingerprint density at radius 2 is 1.41 bits per heavy atom. The molecule has 8 heteroatoms. The molecule has 0 atom stereocenters. The maximum atomic E-state index is 12.0. The van der Waals surface area contributed by atoms with E-state index in [9.17, 15) is 18.0 Å². The standard InChI is InChI=1S/C14H18O7S/c1-8(2)20-13(15)11-6-5-10(22(17,18)19)7-12(11)14(16)21-9(3)4/h5-9H,1-4H3,(H,17,18,19). The molecule has 0 heterocycles. The van der Waals surface area contributed by atoms with Crippen molar-refractivity contribution in [1.82, 2.24) is 0 Å². The second-order valence-corrected chi connectivity index (χ2v) is 6.51. The molecule has 0 unspecified atom stereocenters. The van der Waals surface area contributed by atoms with E-state index < -0.39 is 39.2 Å². The van der Waals surface area contributed by atoms with Crippen molar-refractivity contribution in [3.8, 4) is 0 Å². The summed E-state index contributed by atoms with van der Waals surface area (Å²) in [4.78, 5) is 23.5. The quantitative estimate of drug-likeness (QED) is 0.650. The van der Waals surface area contributed by atoms with E-state index in [0.717, 1.165) is 18.2 Å². The summed E-state index contributed by atoms with van der Waals surface area (Å²) in [6.07, 6.45) is -0.876. The second-order valence-electron chi connectivity index (χ2n) is 5.09. The van der Waals surface area contributed by atoms with Gasteiger partial charge < -0.3 is 9.47 Å². The zero-order valence-corrected chi connectivity index (χ0v) is 13.5. The molecule has 0 aliphatic rings. The number of hydrogen-bond donors (Lipinski definition) is 1. The van der Waals surface area contributed by atoms with Crippen molar-refractivity contribution in [2.24, 2.45) is 0 Å². The fraction of sp³-hybridized carbons (Fsp3) is 0.429. The van der Waals surface area contributed by atoms with Crippen LogP contribution in [0.25, 0.3) is 0 Å². The number of carbonyl (C=O) groups excluding carboxylic acids is 2. The Morgan fingerprint density at radius 1 is 0.955 bits per heavy atom. The first-order chi connectivity index (χ1) is 10.0. The van der Waals surface area contributed by atoms with Crippen LogP contribution < -0.4 is 0 Å². The van der Waals surface area contributed by atoms with Gasteiger partial charge in [0.15, 0.2) is 0 Å². The minimum absolute atomic E-state index is 0.133. The highest BCUT2D eigenvalue weighted by Gasteiger charge is 2.24. The van der Waals surface area contributed by atoms with E-state index in [2.05, 4.69) is 0 Å². The Hall–Kier alpha value is -1.93. The van der Waals surface area contributed by atoms with Gasteiger partial charge in [-0.3, -0.25) is 4.55 Å². The normalized spacial score (nSPS) is 11.6. The van der Waals surface area contributed by atoms with Crippen LogP contribution in [-0.2, 0) is 19.6 Å². The summed E-state index contributed by atoms with van der Waals surface area (Å²) in [6, 6.07) is 3.00. The monoisotopic (exact) mass is 330 g/mol. The van der Waals surface area contributed by atoms with Crippen LogP contribution >= 0.6 is 0 Å². The number of ether oxygens (including phenoxy) is 2.